The first-order chi connectivity index (χ1) is 12.3. The molecule has 0 aliphatic rings. The van der Waals surface area contributed by atoms with Crippen LogP contribution in [0.4, 0.5) is 4.39 Å². The van der Waals surface area contributed by atoms with Gasteiger partial charge >= 0.3 is 5.97 Å². The third-order valence-corrected chi connectivity index (χ3v) is 3.78. The number of methoxy groups -OCH3 is 1. The first-order valence-corrected chi connectivity index (χ1v) is 8.05. The molecule has 0 aromatic heterocycles. The Bertz CT molecular complexity index is 685. The van der Waals surface area contributed by atoms with Gasteiger partial charge in [-0.3, -0.25) is 9.59 Å². The van der Waals surface area contributed by atoms with Crippen molar-refractivity contribution in [3.8, 4) is 6.07 Å². The molecule has 0 saturated carbocycles. The van der Waals surface area contributed by atoms with Crippen molar-refractivity contribution in [2.45, 2.75) is 38.8 Å². The second-order valence-corrected chi connectivity index (χ2v) is 5.93. The number of carbonyl (C=O) groups is 3. The average Bonchev–Trinajstić information content (AvgIpc) is 2.59. The fourth-order valence-electron chi connectivity index (χ4n) is 2.39. The number of nitrogens with one attached hydrogen (secondary N) is 2. The van der Waals surface area contributed by atoms with Crippen LogP contribution in [0.15, 0.2) is 24.3 Å². The van der Waals surface area contributed by atoms with E-state index in [0.29, 0.717) is 5.56 Å². The Morgan fingerprint density at radius 1 is 1.23 bits per heavy atom. The summed E-state index contributed by atoms with van der Waals surface area (Å²) < 4.78 is 17.7. The SMILES string of the molecule is COC(=O)[C@H](NC(=O)[C@H](Cc1ccc(F)cc1)NC(C)=O)[C@H](C)CC#N. The monoisotopic (exact) mass is 363 g/mol. The summed E-state index contributed by atoms with van der Waals surface area (Å²) in [4.78, 5) is 36.0. The van der Waals surface area contributed by atoms with E-state index < -0.39 is 41.6 Å². The minimum Gasteiger partial charge on any atom is -0.467 e. The lowest BCUT2D eigenvalue weighted by atomic mass is 9.97. The van der Waals surface area contributed by atoms with Gasteiger partial charge in [0.2, 0.25) is 11.8 Å². The molecule has 0 fully saturated rings. The minimum atomic E-state index is -1.02. The molecule has 0 aliphatic carbocycles. The highest BCUT2D eigenvalue weighted by atomic mass is 19.1. The Balaban J connectivity index is 2.95. The number of esters is 1. The molecule has 1 aromatic rings. The topological polar surface area (TPSA) is 108 Å². The maximum absolute atomic E-state index is 13.0. The largest absolute Gasteiger partial charge is 0.467 e. The normalized spacial score (nSPS) is 13.7. The molecule has 0 bridgehead atoms. The molecule has 0 heterocycles. The van der Waals surface area contributed by atoms with Crippen LogP contribution in [0.3, 0.4) is 0 Å². The molecule has 0 spiro atoms. The van der Waals surface area contributed by atoms with Crippen LogP contribution in [-0.2, 0) is 25.5 Å². The molecule has 0 aliphatic heterocycles. The van der Waals surface area contributed by atoms with E-state index >= 15 is 0 Å². The van der Waals surface area contributed by atoms with E-state index in [1.54, 1.807) is 6.92 Å². The van der Waals surface area contributed by atoms with Crippen LogP contribution in [0.5, 0.6) is 0 Å². The first kappa shape index (κ1) is 21.1. The van der Waals surface area contributed by atoms with E-state index in [1.807, 2.05) is 6.07 Å². The van der Waals surface area contributed by atoms with Crippen LogP contribution < -0.4 is 10.6 Å². The number of hydrogen-bond acceptors (Lipinski definition) is 5. The summed E-state index contributed by atoms with van der Waals surface area (Å²) in [5.74, 6) is -2.58. The molecule has 8 heteroatoms. The Labute approximate surface area is 151 Å². The summed E-state index contributed by atoms with van der Waals surface area (Å²) in [6, 6.07) is 5.49. The highest BCUT2D eigenvalue weighted by Gasteiger charge is 2.30. The van der Waals surface area contributed by atoms with Gasteiger partial charge < -0.3 is 15.4 Å². The quantitative estimate of drug-likeness (QED) is 0.672. The van der Waals surface area contributed by atoms with Crippen molar-refractivity contribution in [2.75, 3.05) is 7.11 Å². The summed E-state index contributed by atoms with van der Waals surface area (Å²) in [6.07, 6.45) is 0.162. The minimum absolute atomic E-state index is 0.0445. The van der Waals surface area contributed by atoms with E-state index in [-0.39, 0.29) is 12.8 Å². The van der Waals surface area contributed by atoms with Crippen LogP contribution >= 0.6 is 0 Å². The summed E-state index contributed by atoms with van der Waals surface area (Å²) in [6.45, 7) is 2.90. The Morgan fingerprint density at radius 2 is 1.85 bits per heavy atom. The van der Waals surface area contributed by atoms with Crippen molar-refractivity contribution in [2.24, 2.45) is 5.92 Å². The van der Waals surface area contributed by atoms with Gasteiger partial charge in [0.05, 0.1) is 13.2 Å². The van der Waals surface area contributed by atoms with E-state index in [0.717, 1.165) is 0 Å². The van der Waals surface area contributed by atoms with Crippen molar-refractivity contribution < 1.29 is 23.5 Å². The zero-order chi connectivity index (χ0) is 19.7. The number of nitriles is 1. The Morgan fingerprint density at radius 3 is 2.35 bits per heavy atom. The van der Waals surface area contributed by atoms with Crippen molar-refractivity contribution in [3.05, 3.63) is 35.6 Å². The van der Waals surface area contributed by atoms with Crippen molar-refractivity contribution in [3.63, 3.8) is 0 Å². The number of amides is 2. The van der Waals surface area contributed by atoms with Crippen molar-refractivity contribution in [1.82, 2.24) is 10.6 Å². The maximum atomic E-state index is 13.0. The molecule has 0 unspecified atom stereocenters. The predicted octanol–water partition coefficient (Wildman–Crippen LogP) is 1.08. The molecule has 2 N–H and O–H groups in total. The standard InChI is InChI=1S/C18H22FN3O4/c1-11(8-9-20)16(18(25)26-3)22-17(24)15(21-12(2)23)10-13-4-6-14(19)7-5-13/h4-7,11,15-16H,8,10H2,1-3H3,(H,21,23)(H,22,24)/t11-,15+,16-/m1/s1. The zero-order valence-electron chi connectivity index (χ0n) is 14.9. The van der Waals surface area contributed by atoms with Gasteiger partial charge in [-0.1, -0.05) is 19.1 Å². The number of benzene rings is 1. The third kappa shape index (κ3) is 6.51. The molecule has 0 saturated heterocycles. The molecule has 1 rings (SSSR count). The number of halogens is 1. The molecule has 1 aromatic carbocycles. The summed E-state index contributed by atoms with van der Waals surface area (Å²) in [7, 11) is 1.18. The van der Waals surface area contributed by atoms with Gasteiger partial charge in [0.25, 0.3) is 0 Å². The molecule has 3 atom stereocenters. The van der Waals surface area contributed by atoms with Crippen molar-refractivity contribution in [1.29, 1.82) is 5.26 Å². The van der Waals surface area contributed by atoms with Crippen LogP contribution in [0.1, 0.15) is 25.8 Å². The summed E-state index contributed by atoms with van der Waals surface area (Å²) in [5, 5.41) is 13.9. The number of ether oxygens (including phenoxy) is 1. The third-order valence-electron chi connectivity index (χ3n) is 3.78. The molecular formula is C18H22FN3O4. The second-order valence-electron chi connectivity index (χ2n) is 5.93. The Kier molecular flexibility index (Phi) is 8.22. The molecular weight excluding hydrogens is 341 g/mol. The average molecular weight is 363 g/mol. The molecule has 26 heavy (non-hydrogen) atoms. The number of carbonyl (C=O) groups excluding carboxylic acids is 3. The van der Waals surface area contributed by atoms with Gasteiger partial charge in [0.1, 0.15) is 17.9 Å². The first-order valence-electron chi connectivity index (χ1n) is 8.05. The second kappa shape index (κ2) is 10.1. The molecule has 140 valence electrons. The van der Waals surface area contributed by atoms with Crippen LogP contribution in [0.25, 0.3) is 0 Å². The summed E-state index contributed by atoms with van der Waals surface area (Å²) >= 11 is 0. The van der Waals surface area contributed by atoms with E-state index in [1.165, 1.54) is 38.3 Å². The zero-order valence-corrected chi connectivity index (χ0v) is 14.9. The number of nitrogens with zero attached hydrogens (tertiary/aromatic N) is 1. The molecule has 0 radical (unpaired) electrons. The van der Waals surface area contributed by atoms with Crippen LogP contribution in [0.2, 0.25) is 0 Å². The molecule has 7 nitrogen and oxygen atoms in total. The van der Waals surface area contributed by atoms with Crippen LogP contribution in [-0.4, -0.2) is 37.0 Å². The smallest absolute Gasteiger partial charge is 0.328 e. The fourth-order valence-corrected chi connectivity index (χ4v) is 2.39. The lowest BCUT2D eigenvalue weighted by molar-refractivity contribution is -0.146. The van der Waals surface area contributed by atoms with E-state index in [9.17, 15) is 18.8 Å². The van der Waals surface area contributed by atoms with Gasteiger partial charge in [-0.25, -0.2) is 9.18 Å². The highest BCUT2D eigenvalue weighted by Crippen LogP contribution is 2.11. The van der Waals surface area contributed by atoms with E-state index in [2.05, 4.69) is 15.4 Å². The van der Waals surface area contributed by atoms with Gasteiger partial charge in [-0.15, -0.1) is 0 Å². The highest BCUT2D eigenvalue weighted by molar-refractivity contribution is 5.90. The number of hydrogen-bond donors (Lipinski definition) is 2. The van der Waals surface area contributed by atoms with Crippen LogP contribution in [0, 0.1) is 23.1 Å². The number of rotatable bonds is 8. The van der Waals surface area contributed by atoms with Crippen molar-refractivity contribution >= 4 is 17.8 Å². The van der Waals surface area contributed by atoms with E-state index in [4.69, 9.17) is 5.26 Å². The van der Waals surface area contributed by atoms with Gasteiger partial charge in [-0.05, 0) is 17.7 Å². The predicted molar refractivity (Wildman–Crippen MR) is 91.0 cm³/mol. The molecule has 2 amide bonds. The van der Waals surface area contributed by atoms with Gasteiger partial charge in [0.15, 0.2) is 0 Å². The lowest BCUT2D eigenvalue weighted by Gasteiger charge is -2.24. The summed E-state index contributed by atoms with van der Waals surface area (Å²) in [5.41, 5.74) is 0.639. The maximum Gasteiger partial charge on any atom is 0.328 e. The van der Waals surface area contributed by atoms with Gasteiger partial charge in [0, 0.05) is 25.7 Å². The fraction of sp³-hybridized carbons (Fsp3) is 0.444. The Hall–Kier alpha value is -2.95. The van der Waals surface area contributed by atoms with Gasteiger partial charge in [-0.2, -0.15) is 5.26 Å². The lowest BCUT2D eigenvalue weighted by Crippen LogP contribution is -2.54.